The summed E-state index contributed by atoms with van der Waals surface area (Å²) in [5.41, 5.74) is 27.8. The number of rotatable bonds is 6. The van der Waals surface area contributed by atoms with E-state index in [1.807, 2.05) is 64.4 Å². The SMILES string of the molecule is NC1CC(N)CN(c2nc(Nc3ccc(Nc4ccccc4)cc3)nc(N3CC(N)CC(N)C3)n2)C1. The van der Waals surface area contributed by atoms with Gasteiger partial charge in [-0.25, -0.2) is 0 Å². The summed E-state index contributed by atoms with van der Waals surface area (Å²) >= 11 is 0. The van der Waals surface area contributed by atoms with Crippen LogP contribution in [0.15, 0.2) is 54.6 Å². The van der Waals surface area contributed by atoms with Gasteiger partial charge in [0, 0.05) is 67.4 Å². The average Bonchev–Trinajstić information content (AvgIpc) is 2.84. The minimum atomic E-state index is -0.0353. The van der Waals surface area contributed by atoms with E-state index in [0.29, 0.717) is 44.0 Å². The van der Waals surface area contributed by atoms with Crippen molar-refractivity contribution >= 4 is 34.9 Å². The van der Waals surface area contributed by atoms with Crippen LogP contribution in [0.3, 0.4) is 0 Å². The molecule has 10 N–H and O–H groups in total. The summed E-state index contributed by atoms with van der Waals surface area (Å²) in [4.78, 5) is 18.3. The standard InChI is InChI=1S/C25H35N11/c26-16-10-17(27)13-35(12-16)24-32-23(33-25(34-24)36-14-18(28)11-19(29)15-36)31-22-8-6-21(7-9-22)30-20-4-2-1-3-5-20/h1-9,16-19,30H,10-15,26-29H2,(H,31,32,33,34). The van der Waals surface area contributed by atoms with Crippen LogP contribution in [-0.2, 0) is 0 Å². The summed E-state index contributed by atoms with van der Waals surface area (Å²) in [6.45, 7) is 2.54. The van der Waals surface area contributed by atoms with E-state index in [2.05, 4.69) is 10.6 Å². The Morgan fingerprint density at radius 2 is 0.972 bits per heavy atom. The van der Waals surface area contributed by atoms with Crippen LogP contribution in [0.1, 0.15) is 12.8 Å². The van der Waals surface area contributed by atoms with Gasteiger partial charge < -0.3 is 43.4 Å². The highest BCUT2D eigenvalue weighted by Crippen LogP contribution is 2.25. The summed E-state index contributed by atoms with van der Waals surface area (Å²) < 4.78 is 0. The zero-order valence-corrected chi connectivity index (χ0v) is 20.3. The van der Waals surface area contributed by atoms with Gasteiger partial charge in [-0.2, -0.15) is 15.0 Å². The number of para-hydroxylation sites is 1. The van der Waals surface area contributed by atoms with Gasteiger partial charge in [0.1, 0.15) is 0 Å². The Hall–Kier alpha value is -3.51. The van der Waals surface area contributed by atoms with Crippen molar-refractivity contribution < 1.29 is 0 Å². The van der Waals surface area contributed by atoms with Crippen LogP contribution in [0.2, 0.25) is 0 Å². The first-order valence-electron chi connectivity index (χ1n) is 12.4. The normalized spacial score (nSPS) is 24.4. The molecule has 3 aromatic rings. The molecule has 2 aromatic carbocycles. The Labute approximate surface area is 211 Å². The summed E-state index contributed by atoms with van der Waals surface area (Å²) in [5, 5.41) is 6.72. The Bertz CT molecular complexity index is 1080. The molecule has 11 heteroatoms. The molecule has 0 aliphatic carbocycles. The van der Waals surface area contributed by atoms with Crippen molar-refractivity contribution in [3.05, 3.63) is 54.6 Å². The van der Waals surface area contributed by atoms with Gasteiger partial charge in [-0.05, 0) is 49.2 Å². The third kappa shape index (κ3) is 6.00. The Balaban J connectivity index is 1.39. The lowest BCUT2D eigenvalue weighted by atomic mass is 10.0. The smallest absolute Gasteiger partial charge is 0.233 e. The summed E-state index contributed by atoms with van der Waals surface area (Å²) in [7, 11) is 0. The summed E-state index contributed by atoms with van der Waals surface area (Å²) in [5.74, 6) is 1.53. The molecule has 2 aliphatic heterocycles. The molecule has 4 unspecified atom stereocenters. The van der Waals surface area contributed by atoms with E-state index >= 15 is 0 Å². The average molecular weight is 490 g/mol. The van der Waals surface area contributed by atoms with E-state index in [9.17, 15) is 0 Å². The van der Waals surface area contributed by atoms with Crippen molar-refractivity contribution in [3.63, 3.8) is 0 Å². The second-order valence-corrected chi connectivity index (χ2v) is 9.77. The fourth-order valence-corrected chi connectivity index (χ4v) is 4.83. The molecule has 3 heterocycles. The number of hydrogen-bond acceptors (Lipinski definition) is 11. The lowest BCUT2D eigenvalue weighted by Gasteiger charge is -2.37. The van der Waals surface area contributed by atoms with Crippen molar-refractivity contribution in [1.82, 2.24) is 15.0 Å². The van der Waals surface area contributed by atoms with Crippen LogP contribution >= 0.6 is 0 Å². The first-order chi connectivity index (χ1) is 17.4. The number of nitrogens with zero attached hydrogens (tertiary/aromatic N) is 5. The van der Waals surface area contributed by atoms with E-state index in [-0.39, 0.29) is 24.2 Å². The third-order valence-corrected chi connectivity index (χ3v) is 6.41. The highest BCUT2D eigenvalue weighted by molar-refractivity contribution is 5.64. The fraction of sp³-hybridized carbons (Fsp3) is 0.400. The van der Waals surface area contributed by atoms with Gasteiger partial charge in [0.05, 0.1) is 0 Å². The quantitative estimate of drug-likeness (QED) is 0.292. The van der Waals surface area contributed by atoms with Crippen molar-refractivity contribution in [2.45, 2.75) is 37.0 Å². The van der Waals surface area contributed by atoms with Crippen molar-refractivity contribution in [2.75, 3.05) is 46.6 Å². The molecule has 2 saturated heterocycles. The maximum absolute atomic E-state index is 6.24. The molecule has 0 spiro atoms. The predicted molar refractivity (Wildman–Crippen MR) is 145 cm³/mol. The van der Waals surface area contributed by atoms with Gasteiger partial charge in [-0.15, -0.1) is 0 Å². The first-order valence-corrected chi connectivity index (χ1v) is 12.4. The fourth-order valence-electron chi connectivity index (χ4n) is 4.83. The van der Waals surface area contributed by atoms with Crippen LogP contribution < -0.4 is 43.4 Å². The first kappa shape index (κ1) is 24.2. The zero-order valence-electron chi connectivity index (χ0n) is 20.3. The number of hydrogen-bond donors (Lipinski definition) is 6. The Morgan fingerprint density at radius 1 is 0.556 bits per heavy atom. The molecule has 4 atom stereocenters. The number of benzene rings is 2. The van der Waals surface area contributed by atoms with Crippen LogP contribution in [0.25, 0.3) is 0 Å². The van der Waals surface area contributed by atoms with E-state index in [4.69, 9.17) is 37.9 Å². The second-order valence-electron chi connectivity index (χ2n) is 9.77. The minimum absolute atomic E-state index is 0.0353. The van der Waals surface area contributed by atoms with Crippen LogP contribution in [0, 0.1) is 0 Å². The maximum atomic E-state index is 6.24. The summed E-state index contributed by atoms with van der Waals surface area (Å²) in [6, 6.07) is 17.9. The van der Waals surface area contributed by atoms with Gasteiger partial charge in [-0.3, -0.25) is 0 Å². The molecule has 36 heavy (non-hydrogen) atoms. The van der Waals surface area contributed by atoms with Gasteiger partial charge in [0.2, 0.25) is 17.8 Å². The molecule has 2 fully saturated rings. The molecule has 11 nitrogen and oxygen atoms in total. The molecule has 5 rings (SSSR count). The second kappa shape index (κ2) is 10.6. The van der Waals surface area contributed by atoms with Crippen LogP contribution in [-0.4, -0.2) is 65.3 Å². The van der Waals surface area contributed by atoms with Crippen molar-refractivity contribution in [3.8, 4) is 0 Å². The van der Waals surface area contributed by atoms with E-state index < -0.39 is 0 Å². The minimum Gasteiger partial charge on any atom is -0.356 e. The van der Waals surface area contributed by atoms with Gasteiger partial charge >= 0.3 is 0 Å². The highest BCUT2D eigenvalue weighted by atomic mass is 15.4. The zero-order chi connectivity index (χ0) is 25.1. The van der Waals surface area contributed by atoms with E-state index in [0.717, 1.165) is 29.9 Å². The molecular weight excluding hydrogens is 454 g/mol. The van der Waals surface area contributed by atoms with Crippen molar-refractivity contribution in [2.24, 2.45) is 22.9 Å². The summed E-state index contributed by atoms with van der Waals surface area (Å²) in [6.07, 6.45) is 1.55. The maximum Gasteiger partial charge on any atom is 0.233 e. The topological polar surface area (TPSA) is 173 Å². The van der Waals surface area contributed by atoms with Gasteiger partial charge in [0.25, 0.3) is 0 Å². The third-order valence-electron chi connectivity index (χ3n) is 6.41. The van der Waals surface area contributed by atoms with Gasteiger partial charge in [-0.1, -0.05) is 18.2 Å². The van der Waals surface area contributed by atoms with E-state index in [1.54, 1.807) is 0 Å². The highest BCUT2D eigenvalue weighted by Gasteiger charge is 2.28. The number of nitrogens with one attached hydrogen (secondary N) is 2. The number of aromatic nitrogens is 3. The lowest BCUT2D eigenvalue weighted by Crippen LogP contribution is -2.54. The molecule has 1 aromatic heterocycles. The van der Waals surface area contributed by atoms with E-state index in [1.165, 1.54) is 0 Å². The number of piperidine rings is 2. The van der Waals surface area contributed by atoms with Crippen molar-refractivity contribution in [1.29, 1.82) is 0 Å². The molecule has 190 valence electrons. The molecular formula is C25H35N11. The lowest BCUT2D eigenvalue weighted by molar-refractivity contribution is 0.441. The Morgan fingerprint density at radius 3 is 1.44 bits per heavy atom. The molecule has 2 aliphatic rings. The predicted octanol–water partition coefficient (Wildman–Crippen LogP) is 1.09. The van der Waals surface area contributed by atoms with Crippen LogP contribution in [0.4, 0.5) is 34.9 Å². The Kier molecular flexibility index (Phi) is 7.14. The number of nitrogens with two attached hydrogens (primary N) is 4. The van der Waals surface area contributed by atoms with Crippen LogP contribution in [0.5, 0.6) is 0 Å². The van der Waals surface area contributed by atoms with Gasteiger partial charge in [0.15, 0.2) is 0 Å². The molecule has 0 bridgehead atoms. The molecule has 0 radical (unpaired) electrons. The molecule has 0 saturated carbocycles. The number of anilines is 6. The molecule has 0 amide bonds. The monoisotopic (exact) mass is 489 g/mol. The largest absolute Gasteiger partial charge is 0.356 e.